The molecule has 0 saturated carbocycles. The molecule has 1 aliphatic rings. The van der Waals surface area contributed by atoms with Crippen LogP contribution in [0.5, 0.6) is 0 Å². The number of carbonyl (C=O) groups is 2. The second-order valence-electron chi connectivity index (χ2n) is 5.21. The number of hydrogen-bond acceptors (Lipinski definition) is 4. The Morgan fingerprint density at radius 1 is 1.39 bits per heavy atom. The third kappa shape index (κ3) is 4.62. The lowest BCUT2D eigenvalue weighted by Gasteiger charge is -2.25. The zero-order chi connectivity index (χ0) is 13.8. The number of aliphatic carboxylic acids is 1. The van der Waals surface area contributed by atoms with Crippen LogP contribution in [-0.2, 0) is 9.59 Å². The van der Waals surface area contributed by atoms with Crippen LogP contribution < -0.4 is 5.73 Å². The van der Waals surface area contributed by atoms with Gasteiger partial charge in [0.25, 0.3) is 0 Å². The minimum Gasteiger partial charge on any atom is -0.481 e. The van der Waals surface area contributed by atoms with E-state index in [0.29, 0.717) is 25.9 Å². The monoisotopic (exact) mass is 258 g/mol. The Bertz CT molecular complexity index is 317. The van der Waals surface area contributed by atoms with Crippen molar-refractivity contribution in [3.63, 3.8) is 0 Å². The maximum absolute atomic E-state index is 12.0. The molecule has 0 aliphatic carbocycles. The van der Waals surface area contributed by atoms with Gasteiger partial charge in [-0.15, -0.1) is 0 Å². The third-order valence-corrected chi connectivity index (χ3v) is 3.36. The van der Waals surface area contributed by atoms with Gasteiger partial charge in [-0.25, -0.2) is 0 Å². The van der Waals surface area contributed by atoms with Crippen LogP contribution in [-0.4, -0.2) is 51.7 Å². The van der Waals surface area contributed by atoms with Crippen LogP contribution in [0.3, 0.4) is 0 Å². The van der Waals surface area contributed by atoms with E-state index in [4.69, 9.17) is 10.8 Å². The fourth-order valence-corrected chi connectivity index (χ4v) is 2.12. The van der Waals surface area contributed by atoms with Gasteiger partial charge in [0.05, 0.1) is 11.6 Å². The van der Waals surface area contributed by atoms with Gasteiger partial charge in [0, 0.05) is 19.5 Å². The second kappa shape index (κ2) is 6.15. The van der Waals surface area contributed by atoms with E-state index in [9.17, 15) is 14.7 Å². The summed E-state index contributed by atoms with van der Waals surface area (Å²) in [6, 6.07) is -0.760. The van der Waals surface area contributed by atoms with Crippen LogP contribution in [0.2, 0.25) is 0 Å². The van der Waals surface area contributed by atoms with Gasteiger partial charge in [0.15, 0.2) is 0 Å². The number of carboxylic acids is 1. The van der Waals surface area contributed by atoms with E-state index in [1.807, 2.05) is 0 Å². The van der Waals surface area contributed by atoms with Gasteiger partial charge < -0.3 is 20.8 Å². The average Bonchev–Trinajstić information content (AvgIpc) is 2.46. The van der Waals surface area contributed by atoms with Crippen LogP contribution >= 0.6 is 0 Å². The molecule has 2 atom stereocenters. The molecule has 0 spiro atoms. The molecule has 6 heteroatoms. The Hall–Kier alpha value is -1.14. The zero-order valence-electron chi connectivity index (χ0n) is 10.8. The van der Waals surface area contributed by atoms with Gasteiger partial charge >= 0.3 is 5.97 Å². The second-order valence-corrected chi connectivity index (χ2v) is 5.21. The Balaban J connectivity index is 2.48. The first-order valence-corrected chi connectivity index (χ1v) is 6.30. The molecule has 104 valence electrons. The molecular weight excluding hydrogens is 236 g/mol. The standard InChI is InChI=1S/C12H22N2O4/c1-12(18)5-2-7-14(8-6-12)11(17)9(13)3-4-10(15)16/h9,18H,2-8,13H2,1H3,(H,15,16). The van der Waals surface area contributed by atoms with E-state index < -0.39 is 17.6 Å². The van der Waals surface area contributed by atoms with E-state index in [1.165, 1.54) is 0 Å². The van der Waals surface area contributed by atoms with E-state index in [0.717, 1.165) is 6.42 Å². The summed E-state index contributed by atoms with van der Waals surface area (Å²) in [5, 5.41) is 18.5. The first kappa shape index (κ1) is 14.9. The minimum absolute atomic E-state index is 0.0987. The largest absolute Gasteiger partial charge is 0.481 e. The molecule has 1 amide bonds. The van der Waals surface area contributed by atoms with Crippen molar-refractivity contribution < 1.29 is 19.8 Å². The highest BCUT2D eigenvalue weighted by atomic mass is 16.4. The molecule has 0 aromatic heterocycles. The third-order valence-electron chi connectivity index (χ3n) is 3.36. The smallest absolute Gasteiger partial charge is 0.303 e. The van der Waals surface area contributed by atoms with Gasteiger partial charge in [0.1, 0.15) is 0 Å². The summed E-state index contributed by atoms with van der Waals surface area (Å²) in [4.78, 5) is 24.1. The Morgan fingerprint density at radius 2 is 2.06 bits per heavy atom. The summed E-state index contributed by atoms with van der Waals surface area (Å²) in [6.45, 7) is 2.83. The predicted octanol–water partition coefficient (Wildman–Crippen LogP) is -0.0580. The van der Waals surface area contributed by atoms with E-state index in [-0.39, 0.29) is 18.7 Å². The Kier molecular flexibility index (Phi) is 5.10. The van der Waals surface area contributed by atoms with Crippen molar-refractivity contribution in [2.45, 2.75) is 50.7 Å². The Labute approximate surface area is 107 Å². The fraction of sp³-hybridized carbons (Fsp3) is 0.833. The molecule has 0 bridgehead atoms. The number of aliphatic hydroxyl groups is 1. The number of amides is 1. The van der Waals surface area contributed by atoms with E-state index >= 15 is 0 Å². The topological polar surface area (TPSA) is 104 Å². The number of hydrogen-bond donors (Lipinski definition) is 3. The lowest BCUT2D eigenvalue weighted by atomic mass is 9.98. The van der Waals surface area contributed by atoms with Crippen molar-refractivity contribution in [1.29, 1.82) is 0 Å². The molecule has 1 fully saturated rings. The average molecular weight is 258 g/mol. The zero-order valence-corrected chi connectivity index (χ0v) is 10.8. The lowest BCUT2D eigenvalue weighted by Crippen LogP contribution is -2.44. The van der Waals surface area contributed by atoms with Crippen LogP contribution in [0.4, 0.5) is 0 Å². The number of nitrogens with zero attached hydrogens (tertiary/aromatic N) is 1. The summed E-state index contributed by atoms with van der Waals surface area (Å²) >= 11 is 0. The van der Waals surface area contributed by atoms with Crippen molar-refractivity contribution in [3.05, 3.63) is 0 Å². The summed E-state index contributed by atoms with van der Waals surface area (Å²) < 4.78 is 0. The molecule has 0 radical (unpaired) electrons. The van der Waals surface area contributed by atoms with Crippen LogP contribution in [0, 0.1) is 0 Å². The summed E-state index contributed by atoms with van der Waals surface area (Å²) in [7, 11) is 0. The van der Waals surface area contributed by atoms with Gasteiger partial charge in [-0.05, 0) is 32.6 Å². The van der Waals surface area contributed by atoms with Crippen molar-refractivity contribution in [2.24, 2.45) is 5.73 Å². The van der Waals surface area contributed by atoms with Crippen molar-refractivity contribution in [1.82, 2.24) is 4.90 Å². The van der Waals surface area contributed by atoms with E-state index in [1.54, 1.807) is 11.8 Å². The fourth-order valence-electron chi connectivity index (χ4n) is 2.12. The predicted molar refractivity (Wildman–Crippen MR) is 65.9 cm³/mol. The minimum atomic E-state index is -0.947. The molecule has 1 heterocycles. The highest BCUT2D eigenvalue weighted by Gasteiger charge is 2.29. The molecule has 0 aromatic rings. The van der Waals surface area contributed by atoms with Crippen molar-refractivity contribution >= 4 is 11.9 Å². The molecule has 4 N–H and O–H groups in total. The lowest BCUT2D eigenvalue weighted by molar-refractivity contribution is -0.137. The van der Waals surface area contributed by atoms with Crippen LogP contribution in [0.25, 0.3) is 0 Å². The Morgan fingerprint density at radius 3 is 2.67 bits per heavy atom. The number of rotatable bonds is 4. The van der Waals surface area contributed by atoms with Crippen molar-refractivity contribution in [3.8, 4) is 0 Å². The maximum Gasteiger partial charge on any atom is 0.303 e. The highest BCUT2D eigenvalue weighted by Crippen LogP contribution is 2.21. The number of likely N-dealkylation sites (tertiary alicyclic amines) is 1. The van der Waals surface area contributed by atoms with Crippen LogP contribution in [0.1, 0.15) is 39.0 Å². The number of carbonyl (C=O) groups excluding carboxylic acids is 1. The van der Waals surface area contributed by atoms with Gasteiger partial charge in [-0.2, -0.15) is 0 Å². The molecule has 1 aliphatic heterocycles. The first-order valence-electron chi connectivity index (χ1n) is 6.30. The molecular formula is C12H22N2O4. The van der Waals surface area contributed by atoms with Gasteiger partial charge in [0.2, 0.25) is 5.91 Å². The van der Waals surface area contributed by atoms with E-state index in [2.05, 4.69) is 0 Å². The molecule has 18 heavy (non-hydrogen) atoms. The number of nitrogens with two attached hydrogens (primary N) is 1. The summed E-state index contributed by atoms with van der Waals surface area (Å²) in [5.41, 5.74) is 4.98. The highest BCUT2D eigenvalue weighted by molar-refractivity contribution is 5.82. The molecule has 2 unspecified atom stereocenters. The molecule has 1 rings (SSSR count). The van der Waals surface area contributed by atoms with Gasteiger partial charge in [-0.1, -0.05) is 0 Å². The van der Waals surface area contributed by atoms with Crippen molar-refractivity contribution in [2.75, 3.05) is 13.1 Å². The normalized spacial score (nSPS) is 26.5. The quantitative estimate of drug-likeness (QED) is 0.655. The summed E-state index contributed by atoms with van der Waals surface area (Å²) in [6.07, 6.45) is 2.00. The first-order chi connectivity index (χ1) is 8.32. The van der Waals surface area contributed by atoms with Gasteiger partial charge in [-0.3, -0.25) is 9.59 Å². The van der Waals surface area contributed by atoms with Crippen LogP contribution in [0.15, 0.2) is 0 Å². The maximum atomic E-state index is 12.0. The number of carboxylic acid groups (broad SMARTS) is 1. The summed E-state index contributed by atoms with van der Waals surface area (Å²) in [5.74, 6) is -1.16. The molecule has 1 saturated heterocycles. The SMILES string of the molecule is CC1(O)CCCN(C(=O)C(N)CCC(=O)O)CC1. The molecule has 0 aromatic carbocycles. The molecule has 6 nitrogen and oxygen atoms in total.